The van der Waals surface area contributed by atoms with Crippen molar-refractivity contribution < 1.29 is 14.6 Å². The second-order valence-electron chi connectivity index (χ2n) is 6.61. The molecule has 0 aliphatic heterocycles. The van der Waals surface area contributed by atoms with Gasteiger partial charge in [-0.3, -0.25) is 0 Å². The maximum absolute atomic E-state index is 12.0. The molecule has 0 saturated heterocycles. The summed E-state index contributed by atoms with van der Waals surface area (Å²) in [5.41, 5.74) is -0.519. The Hall–Kier alpha value is -1.20. The molecule has 0 radical (unpaired) electrons. The van der Waals surface area contributed by atoms with Crippen molar-refractivity contribution >= 4 is 17.9 Å². The zero-order valence-corrected chi connectivity index (χ0v) is 15.4. The van der Waals surface area contributed by atoms with Gasteiger partial charge in [-0.2, -0.15) is 0 Å². The molecular weight excluding hydrogens is 310 g/mol. The Kier molecular flexibility index (Phi) is 8.48. The minimum absolute atomic E-state index is 0.00678. The summed E-state index contributed by atoms with van der Waals surface area (Å²) >= 11 is 1.70. The van der Waals surface area contributed by atoms with Gasteiger partial charge in [0.15, 0.2) is 0 Å². The zero-order chi connectivity index (χ0) is 17.3. The van der Waals surface area contributed by atoms with E-state index in [0.29, 0.717) is 0 Å². The van der Waals surface area contributed by atoms with Gasteiger partial charge in [-0.05, 0) is 39.3 Å². The number of amides is 1. The lowest BCUT2D eigenvalue weighted by Crippen LogP contribution is -2.44. The van der Waals surface area contributed by atoms with E-state index in [4.69, 9.17) is 4.74 Å². The first kappa shape index (κ1) is 19.8. The fourth-order valence-electron chi connectivity index (χ4n) is 2.21. The number of aliphatic hydroxyl groups is 1. The molecule has 0 heterocycles. The van der Waals surface area contributed by atoms with E-state index < -0.39 is 11.7 Å². The zero-order valence-electron chi connectivity index (χ0n) is 14.5. The van der Waals surface area contributed by atoms with Gasteiger partial charge < -0.3 is 15.2 Å². The Morgan fingerprint density at radius 2 is 1.96 bits per heavy atom. The van der Waals surface area contributed by atoms with Crippen LogP contribution in [0.1, 0.15) is 40.5 Å². The number of aliphatic hydroxyl groups excluding tert-OH is 1. The van der Waals surface area contributed by atoms with Crippen molar-refractivity contribution in [2.24, 2.45) is 5.92 Å². The van der Waals surface area contributed by atoms with E-state index >= 15 is 0 Å². The highest BCUT2D eigenvalue weighted by Gasteiger charge is 2.25. The molecule has 2 atom stereocenters. The van der Waals surface area contributed by atoms with Gasteiger partial charge in [0.05, 0.1) is 0 Å². The standard InChI is InChI=1S/C18H29NO3S/c1-5-9-16(19-17(21)22-18(2,3)4)14(12-20)13-23-15-10-7-6-8-11-15/h6-8,10-11,14,16,20H,5,9,12-13H2,1-4H3,(H,19,21). The number of hydrogen-bond acceptors (Lipinski definition) is 4. The average molecular weight is 340 g/mol. The van der Waals surface area contributed by atoms with Crippen LogP contribution in [-0.2, 0) is 4.74 Å². The van der Waals surface area contributed by atoms with Gasteiger partial charge in [0, 0.05) is 29.2 Å². The summed E-state index contributed by atoms with van der Waals surface area (Å²) in [7, 11) is 0. The normalized spacial score (nSPS) is 14.1. The van der Waals surface area contributed by atoms with E-state index in [0.717, 1.165) is 18.6 Å². The van der Waals surface area contributed by atoms with Gasteiger partial charge in [0.2, 0.25) is 0 Å². The lowest BCUT2D eigenvalue weighted by Gasteiger charge is -2.28. The summed E-state index contributed by atoms with van der Waals surface area (Å²) in [5.74, 6) is 0.744. The Balaban J connectivity index is 2.62. The van der Waals surface area contributed by atoms with Gasteiger partial charge >= 0.3 is 6.09 Å². The van der Waals surface area contributed by atoms with Crippen LogP contribution in [0, 0.1) is 5.92 Å². The third-order valence-corrected chi connectivity index (χ3v) is 4.51. The van der Waals surface area contributed by atoms with E-state index in [2.05, 4.69) is 24.4 Å². The minimum Gasteiger partial charge on any atom is -0.444 e. The third kappa shape index (κ3) is 8.28. The molecule has 0 spiro atoms. The van der Waals surface area contributed by atoms with Crippen LogP contribution < -0.4 is 5.32 Å². The molecule has 2 unspecified atom stereocenters. The van der Waals surface area contributed by atoms with E-state index in [-0.39, 0.29) is 18.6 Å². The van der Waals surface area contributed by atoms with Gasteiger partial charge in [-0.25, -0.2) is 4.79 Å². The monoisotopic (exact) mass is 339 g/mol. The number of thioether (sulfide) groups is 1. The molecule has 0 aromatic heterocycles. The van der Waals surface area contributed by atoms with Crippen molar-refractivity contribution in [3.05, 3.63) is 30.3 Å². The van der Waals surface area contributed by atoms with Crippen LogP contribution in [0.15, 0.2) is 35.2 Å². The smallest absolute Gasteiger partial charge is 0.407 e. The second kappa shape index (κ2) is 9.83. The van der Waals surface area contributed by atoms with Crippen molar-refractivity contribution in [3.8, 4) is 0 Å². The van der Waals surface area contributed by atoms with Crippen LogP contribution >= 0.6 is 11.8 Å². The summed E-state index contributed by atoms with van der Waals surface area (Å²) in [6.07, 6.45) is 1.34. The largest absolute Gasteiger partial charge is 0.444 e. The summed E-state index contributed by atoms with van der Waals surface area (Å²) in [6, 6.07) is 10.00. The van der Waals surface area contributed by atoms with E-state index in [1.807, 2.05) is 39.0 Å². The van der Waals surface area contributed by atoms with Gasteiger partial charge in [-0.15, -0.1) is 11.8 Å². The predicted molar refractivity (Wildman–Crippen MR) is 95.8 cm³/mol. The number of alkyl carbamates (subject to hydrolysis) is 1. The van der Waals surface area contributed by atoms with E-state index in [1.165, 1.54) is 4.90 Å². The molecule has 1 aromatic rings. The van der Waals surface area contributed by atoms with Crippen molar-refractivity contribution in [2.75, 3.05) is 12.4 Å². The van der Waals surface area contributed by atoms with Crippen LogP contribution in [0.2, 0.25) is 0 Å². The van der Waals surface area contributed by atoms with Crippen LogP contribution in [0.25, 0.3) is 0 Å². The van der Waals surface area contributed by atoms with Crippen molar-refractivity contribution in [3.63, 3.8) is 0 Å². The molecule has 0 aliphatic carbocycles. The third-order valence-electron chi connectivity index (χ3n) is 3.31. The molecule has 4 nitrogen and oxygen atoms in total. The molecule has 1 amide bonds. The number of ether oxygens (including phenoxy) is 1. The SMILES string of the molecule is CCCC(NC(=O)OC(C)(C)C)C(CO)CSc1ccccc1. The topological polar surface area (TPSA) is 58.6 Å². The highest BCUT2D eigenvalue weighted by molar-refractivity contribution is 7.99. The number of benzene rings is 1. The summed E-state index contributed by atoms with van der Waals surface area (Å²) < 4.78 is 5.33. The Morgan fingerprint density at radius 1 is 1.30 bits per heavy atom. The molecule has 23 heavy (non-hydrogen) atoms. The summed E-state index contributed by atoms with van der Waals surface area (Å²) in [5, 5.41) is 12.7. The molecule has 0 saturated carbocycles. The van der Waals surface area contributed by atoms with Crippen molar-refractivity contribution in [1.82, 2.24) is 5.32 Å². The number of nitrogens with one attached hydrogen (secondary N) is 1. The molecule has 1 rings (SSSR count). The number of carbonyl (C=O) groups excluding carboxylic acids is 1. The second-order valence-corrected chi connectivity index (χ2v) is 7.70. The van der Waals surface area contributed by atoms with Crippen LogP contribution in [0.3, 0.4) is 0 Å². The number of carbonyl (C=O) groups is 1. The fraction of sp³-hybridized carbons (Fsp3) is 0.611. The highest BCUT2D eigenvalue weighted by Crippen LogP contribution is 2.23. The molecular formula is C18H29NO3S. The van der Waals surface area contributed by atoms with Crippen LogP contribution in [0.5, 0.6) is 0 Å². The summed E-state index contributed by atoms with van der Waals surface area (Å²) in [6.45, 7) is 7.64. The fourth-order valence-corrected chi connectivity index (χ4v) is 3.31. The first-order valence-corrected chi connectivity index (χ1v) is 9.12. The first-order chi connectivity index (χ1) is 10.9. The number of hydrogen-bond donors (Lipinski definition) is 2. The van der Waals surface area contributed by atoms with Gasteiger partial charge in [0.1, 0.15) is 5.60 Å². The minimum atomic E-state index is -0.519. The van der Waals surface area contributed by atoms with E-state index in [1.54, 1.807) is 11.8 Å². The van der Waals surface area contributed by atoms with Crippen LogP contribution in [-0.4, -0.2) is 35.2 Å². The molecule has 0 bridgehead atoms. The maximum atomic E-state index is 12.0. The van der Waals surface area contributed by atoms with Gasteiger partial charge in [-0.1, -0.05) is 31.5 Å². The molecule has 2 N–H and O–H groups in total. The Labute approximate surface area is 144 Å². The Bertz CT molecular complexity index is 459. The number of rotatable bonds is 8. The average Bonchev–Trinajstić information content (AvgIpc) is 2.47. The molecule has 0 aliphatic rings. The Morgan fingerprint density at radius 3 is 2.48 bits per heavy atom. The lowest BCUT2D eigenvalue weighted by atomic mass is 9.98. The molecule has 1 aromatic carbocycles. The van der Waals surface area contributed by atoms with Crippen molar-refractivity contribution in [2.45, 2.75) is 57.1 Å². The van der Waals surface area contributed by atoms with Gasteiger partial charge in [0.25, 0.3) is 0 Å². The highest BCUT2D eigenvalue weighted by atomic mass is 32.2. The molecule has 5 heteroatoms. The predicted octanol–water partition coefficient (Wildman–Crippen LogP) is 4.08. The molecule has 130 valence electrons. The quantitative estimate of drug-likeness (QED) is 0.701. The van der Waals surface area contributed by atoms with Crippen molar-refractivity contribution in [1.29, 1.82) is 0 Å². The maximum Gasteiger partial charge on any atom is 0.407 e. The summed E-state index contributed by atoms with van der Waals surface area (Å²) in [4.78, 5) is 13.2. The molecule has 0 fully saturated rings. The first-order valence-electron chi connectivity index (χ1n) is 8.14. The lowest BCUT2D eigenvalue weighted by molar-refractivity contribution is 0.0473. The van der Waals surface area contributed by atoms with E-state index in [9.17, 15) is 9.90 Å². The van der Waals surface area contributed by atoms with Crippen LogP contribution in [0.4, 0.5) is 4.79 Å².